The van der Waals surface area contributed by atoms with E-state index in [0.717, 1.165) is 94.2 Å². The van der Waals surface area contributed by atoms with Crippen molar-refractivity contribution in [3.05, 3.63) is 162 Å². The fourth-order valence-corrected chi connectivity index (χ4v) is 19.7. The quantitative estimate of drug-likeness (QED) is 0.0217. The van der Waals surface area contributed by atoms with E-state index in [2.05, 4.69) is 133 Å². The van der Waals surface area contributed by atoms with Crippen LogP contribution < -0.4 is 0 Å². The molecule has 0 aliphatic heterocycles. The molecule has 0 N–H and O–H groups in total. The maximum atomic E-state index is 10.9. The van der Waals surface area contributed by atoms with E-state index in [1.165, 1.54) is 296 Å². The standard InChI is InChI=1S/C90H114N4S4/c1-7-11-15-19-23-27-31-35-39-43-47-67-55-83(95-65-67)85-59-69(49-45-41-37-33-29-25-21-17-13-9-3)89(97-85)71-51-53-73-75-61-80-76(62-79(75)87(77(73)57-71)81(63-91)93-5)74-54-52-72(58-78(74)88(80)82(64-92)94-6)90-70(50-46-42-38-34-30-26-22-18-14-10-4)60-86(98-90)84-56-68(66-96-84)48-44-40-36-32-28-24-20-16-12-8-2/h51-62,65-66H,7-50H2,1-4H3/b87-81-,88-82+. The largest absolute Gasteiger partial charge is 0.270 e. The molecule has 9 rings (SSSR count). The van der Waals surface area contributed by atoms with Gasteiger partial charge in [-0.2, -0.15) is 0 Å². The van der Waals surface area contributed by atoms with Crippen molar-refractivity contribution in [2.24, 2.45) is 0 Å². The summed E-state index contributed by atoms with van der Waals surface area (Å²) in [7, 11) is 0. The van der Waals surface area contributed by atoms with Gasteiger partial charge in [0.05, 0.1) is 25.3 Å². The number of benzene rings is 3. The van der Waals surface area contributed by atoms with Gasteiger partial charge in [-0.3, -0.25) is 0 Å². The lowest BCUT2D eigenvalue weighted by Gasteiger charge is -2.09. The van der Waals surface area contributed by atoms with Crippen LogP contribution in [0.4, 0.5) is 0 Å². The summed E-state index contributed by atoms with van der Waals surface area (Å²) < 4.78 is 0. The molecule has 4 aromatic heterocycles. The van der Waals surface area contributed by atoms with Crippen molar-refractivity contribution in [3.8, 4) is 74.8 Å². The highest BCUT2D eigenvalue weighted by Gasteiger charge is 2.34. The highest BCUT2D eigenvalue weighted by molar-refractivity contribution is 7.24. The molecule has 0 spiro atoms. The van der Waals surface area contributed by atoms with E-state index in [1.807, 2.05) is 45.3 Å². The number of thiophene rings is 4. The van der Waals surface area contributed by atoms with Crippen LogP contribution >= 0.6 is 45.3 Å². The lowest BCUT2D eigenvalue weighted by Crippen LogP contribution is -1.90. The number of allylic oxidation sites excluding steroid dienone is 2. The van der Waals surface area contributed by atoms with Crippen LogP contribution in [0.1, 0.15) is 329 Å². The molecule has 0 unspecified atom stereocenters. The van der Waals surface area contributed by atoms with E-state index >= 15 is 0 Å². The molecule has 0 amide bonds. The predicted octanol–water partition coefficient (Wildman–Crippen LogP) is 30.8. The molecule has 0 radical (unpaired) electrons. The number of nitrogens with zero attached hydrogens (tertiary/aromatic N) is 4. The van der Waals surface area contributed by atoms with Gasteiger partial charge in [-0.1, -0.05) is 283 Å². The van der Waals surface area contributed by atoms with Crippen LogP contribution in [0.5, 0.6) is 0 Å². The van der Waals surface area contributed by atoms with Gasteiger partial charge in [-0.05, 0) is 189 Å². The molecule has 8 heteroatoms. The molecule has 518 valence electrons. The minimum Gasteiger partial charge on any atom is -0.226 e. The van der Waals surface area contributed by atoms with Crippen molar-refractivity contribution in [1.29, 1.82) is 10.5 Å². The first-order valence-corrected chi connectivity index (χ1v) is 42.7. The third kappa shape index (κ3) is 21.5. The summed E-state index contributed by atoms with van der Waals surface area (Å²) in [5.74, 6) is 0. The van der Waals surface area contributed by atoms with Crippen molar-refractivity contribution in [2.75, 3.05) is 0 Å². The Labute approximate surface area is 609 Å². The molecule has 7 aromatic rings. The van der Waals surface area contributed by atoms with Gasteiger partial charge >= 0.3 is 0 Å². The summed E-state index contributed by atoms with van der Waals surface area (Å²) in [4.78, 5) is 15.8. The maximum absolute atomic E-state index is 10.9. The van der Waals surface area contributed by atoms with E-state index in [1.54, 1.807) is 0 Å². The Morgan fingerprint density at radius 3 is 0.898 bits per heavy atom. The summed E-state index contributed by atoms with van der Waals surface area (Å²) in [5, 5.41) is 26.5. The van der Waals surface area contributed by atoms with Crippen LogP contribution in [-0.4, -0.2) is 0 Å². The molecule has 0 fully saturated rings. The highest BCUT2D eigenvalue weighted by Crippen LogP contribution is 2.56. The van der Waals surface area contributed by atoms with Gasteiger partial charge in [-0.15, -0.1) is 45.3 Å². The Morgan fingerprint density at radius 1 is 0.316 bits per heavy atom. The van der Waals surface area contributed by atoms with Crippen molar-refractivity contribution in [2.45, 2.75) is 310 Å². The second-order valence-electron chi connectivity index (χ2n) is 28.7. The summed E-state index contributed by atoms with van der Waals surface area (Å²) in [6, 6.07) is 32.4. The summed E-state index contributed by atoms with van der Waals surface area (Å²) >= 11 is 7.56. The molecule has 98 heavy (non-hydrogen) atoms. The van der Waals surface area contributed by atoms with Crippen molar-refractivity contribution < 1.29 is 0 Å². The van der Waals surface area contributed by atoms with Gasteiger partial charge in [-0.25, -0.2) is 20.2 Å². The van der Waals surface area contributed by atoms with Gasteiger partial charge in [0.1, 0.15) is 0 Å². The first-order chi connectivity index (χ1) is 48.4. The zero-order valence-electron chi connectivity index (χ0n) is 60.6. The summed E-state index contributed by atoms with van der Waals surface area (Å²) in [5.41, 5.74) is 16.7. The number of unbranched alkanes of at least 4 members (excludes halogenated alkanes) is 36. The van der Waals surface area contributed by atoms with E-state index in [9.17, 15) is 10.5 Å². The number of nitriles is 2. The molecule has 0 bridgehead atoms. The molecule has 4 heterocycles. The van der Waals surface area contributed by atoms with Crippen LogP contribution in [0.3, 0.4) is 0 Å². The molecular formula is C90H114N4S4. The Bertz CT molecular complexity index is 3580. The number of hydrogen-bond donors (Lipinski definition) is 0. The van der Waals surface area contributed by atoms with Crippen molar-refractivity contribution >= 4 is 56.5 Å². The molecule has 0 saturated heterocycles. The Hall–Kier alpha value is -6.10. The van der Waals surface area contributed by atoms with Gasteiger partial charge in [0.25, 0.3) is 11.4 Å². The second-order valence-corrected chi connectivity index (χ2v) is 32.6. The lowest BCUT2D eigenvalue weighted by atomic mass is 9.95. The molecule has 0 atom stereocenters. The maximum Gasteiger partial charge on any atom is 0.270 e. The van der Waals surface area contributed by atoms with E-state index in [-0.39, 0.29) is 11.4 Å². The van der Waals surface area contributed by atoms with Crippen LogP contribution in [0.2, 0.25) is 0 Å². The van der Waals surface area contributed by atoms with Gasteiger partial charge < -0.3 is 0 Å². The third-order valence-corrected chi connectivity index (χ3v) is 25.7. The number of fused-ring (bicyclic) bond motifs is 6. The molecule has 3 aromatic carbocycles. The Balaban J connectivity index is 0.982. The first-order valence-electron chi connectivity index (χ1n) is 39.3. The molecular weight excluding hydrogens is 1270 g/mol. The first kappa shape index (κ1) is 76.1. The Morgan fingerprint density at radius 2 is 0.602 bits per heavy atom. The van der Waals surface area contributed by atoms with Crippen LogP contribution in [0, 0.1) is 35.8 Å². The van der Waals surface area contributed by atoms with Gasteiger partial charge in [0.15, 0.2) is 0 Å². The number of hydrogen-bond acceptors (Lipinski definition) is 6. The third-order valence-electron chi connectivity index (χ3n) is 20.9. The minimum atomic E-state index is 0.0800. The minimum absolute atomic E-state index is 0.0800. The summed E-state index contributed by atoms with van der Waals surface area (Å²) in [6.45, 7) is 26.1. The van der Waals surface area contributed by atoms with Crippen LogP contribution in [0.15, 0.2) is 95.0 Å². The molecule has 4 nitrogen and oxygen atoms in total. The lowest BCUT2D eigenvalue weighted by molar-refractivity contribution is 0.556. The highest BCUT2D eigenvalue weighted by atomic mass is 32.1. The van der Waals surface area contributed by atoms with Crippen LogP contribution in [-0.2, 0) is 25.7 Å². The second kappa shape index (κ2) is 42.2. The van der Waals surface area contributed by atoms with Crippen molar-refractivity contribution in [1.82, 2.24) is 0 Å². The van der Waals surface area contributed by atoms with Gasteiger partial charge in [0, 0.05) is 40.4 Å². The predicted molar refractivity (Wildman–Crippen MR) is 429 cm³/mol. The zero-order valence-corrected chi connectivity index (χ0v) is 63.9. The van der Waals surface area contributed by atoms with E-state index in [0.29, 0.717) is 11.1 Å². The van der Waals surface area contributed by atoms with E-state index < -0.39 is 0 Å². The van der Waals surface area contributed by atoms with Crippen molar-refractivity contribution in [3.63, 3.8) is 0 Å². The normalized spacial score (nSPS) is 13.1. The molecule has 2 aliphatic carbocycles. The molecule has 0 saturated carbocycles. The number of rotatable bonds is 48. The zero-order chi connectivity index (χ0) is 68.5. The average Bonchev–Trinajstić information content (AvgIpc) is 1.56. The Kier molecular flexibility index (Phi) is 32.8. The summed E-state index contributed by atoms with van der Waals surface area (Å²) in [6.07, 6.45) is 57.3. The SMILES string of the molecule is [C-]#[N+]/C(C#N)=C1/c2cc(-c3sc(-c4cc(CCCCCCCCCCCC)cs4)cc3CCCCCCCCCCCC)ccc2-c2cc3c(cc21)-c1ccc(-c2sc(-c4cc(CCCCCCCCCCCC)cs4)cc2CCCCCCCCCCCC)cc1/C3=C(/C#N)[N+]#[C-]. The topological polar surface area (TPSA) is 56.3 Å². The monoisotopic (exact) mass is 1380 g/mol. The smallest absolute Gasteiger partial charge is 0.226 e. The average molecular weight is 1380 g/mol. The van der Waals surface area contributed by atoms with Crippen LogP contribution in [0.25, 0.3) is 83.5 Å². The van der Waals surface area contributed by atoms with Gasteiger partial charge in [0.2, 0.25) is 0 Å². The van der Waals surface area contributed by atoms with E-state index in [4.69, 9.17) is 13.1 Å². The number of aryl methyl sites for hydroxylation is 4. The fraction of sp³-hybridized carbons (Fsp3) is 0.533. The molecule has 2 aliphatic rings. The fourth-order valence-electron chi connectivity index (χ4n) is 15.3.